The van der Waals surface area contributed by atoms with Crippen LogP contribution in [-0.4, -0.2) is 78.1 Å². The molecule has 1 atom stereocenters. The Balaban J connectivity index is 1.84. The molecule has 1 saturated heterocycles. The van der Waals surface area contributed by atoms with E-state index in [4.69, 9.17) is 12.2 Å². The van der Waals surface area contributed by atoms with E-state index in [9.17, 15) is 0 Å². The maximum atomic E-state index is 5.71. The first-order chi connectivity index (χ1) is 9.33. The van der Waals surface area contributed by atoms with Gasteiger partial charge >= 0.3 is 128 Å². The minimum atomic E-state index is -1.13. The van der Waals surface area contributed by atoms with E-state index in [1.165, 1.54) is 41.5 Å². The molecule has 102 valence electrons. The van der Waals surface area contributed by atoms with Gasteiger partial charge in [0.2, 0.25) is 0 Å². The number of amidine groups is 1. The van der Waals surface area contributed by atoms with Crippen LogP contribution in [0.3, 0.4) is 0 Å². The molecule has 4 aliphatic rings. The van der Waals surface area contributed by atoms with E-state index >= 15 is 0 Å². The zero-order chi connectivity index (χ0) is 13.0. The summed E-state index contributed by atoms with van der Waals surface area (Å²) in [4.78, 5) is 4.96. The molecule has 0 aliphatic carbocycles. The van der Waals surface area contributed by atoms with Gasteiger partial charge in [0.1, 0.15) is 0 Å². The molecule has 7 heteroatoms. The average Bonchev–Trinajstić information content (AvgIpc) is 2.92. The van der Waals surface area contributed by atoms with Crippen LogP contribution in [0.25, 0.3) is 0 Å². The first-order valence-corrected chi connectivity index (χ1v) is 10.5. The molecular formula is C12H17N4S2Se+. The van der Waals surface area contributed by atoms with Crippen LogP contribution in [0.15, 0.2) is 12.7 Å². The predicted molar refractivity (Wildman–Crippen MR) is 85.5 cm³/mol. The third-order valence-corrected chi connectivity index (χ3v) is 10.7. The van der Waals surface area contributed by atoms with Crippen molar-refractivity contribution >= 4 is 52.8 Å². The van der Waals surface area contributed by atoms with Gasteiger partial charge < -0.3 is 0 Å². The maximum absolute atomic E-state index is 5.71. The normalized spacial score (nSPS) is 29.1. The van der Waals surface area contributed by atoms with Crippen molar-refractivity contribution in [3.8, 4) is 0 Å². The van der Waals surface area contributed by atoms with Gasteiger partial charge in [0.05, 0.1) is 0 Å². The molecule has 4 rings (SSSR count). The van der Waals surface area contributed by atoms with Crippen LogP contribution in [0.4, 0.5) is 0 Å². The van der Waals surface area contributed by atoms with Crippen molar-refractivity contribution in [1.29, 1.82) is 0 Å². The van der Waals surface area contributed by atoms with Crippen molar-refractivity contribution in [2.75, 3.05) is 31.9 Å². The van der Waals surface area contributed by atoms with E-state index in [0.717, 1.165) is 18.2 Å². The van der Waals surface area contributed by atoms with Gasteiger partial charge in [-0.15, -0.1) is 0 Å². The van der Waals surface area contributed by atoms with Crippen LogP contribution in [-0.2, 0) is 0 Å². The van der Waals surface area contributed by atoms with Gasteiger partial charge in [0.25, 0.3) is 0 Å². The van der Waals surface area contributed by atoms with Gasteiger partial charge in [-0.1, -0.05) is 0 Å². The van der Waals surface area contributed by atoms with Gasteiger partial charge in [-0.05, 0) is 0 Å². The fourth-order valence-corrected chi connectivity index (χ4v) is 10.7. The van der Waals surface area contributed by atoms with Crippen LogP contribution in [0.5, 0.6) is 0 Å². The summed E-state index contributed by atoms with van der Waals surface area (Å²) in [6.07, 6.45) is 4.50. The molecule has 1 fully saturated rings. The molecule has 0 radical (unpaired) electrons. The van der Waals surface area contributed by atoms with Crippen molar-refractivity contribution in [2.45, 2.75) is 12.8 Å². The summed E-state index contributed by atoms with van der Waals surface area (Å²) in [5.74, 6) is 1.26. The molecule has 0 aromatic rings. The molecule has 4 heterocycles. The summed E-state index contributed by atoms with van der Waals surface area (Å²) in [5, 5.41) is 2.55. The number of nitrogens with zero attached hydrogens (tertiary/aromatic N) is 4. The fourth-order valence-electron chi connectivity index (χ4n) is 2.98. The van der Waals surface area contributed by atoms with Gasteiger partial charge in [0.15, 0.2) is 0 Å². The SMILES string of the molecule is C=CCN1C(=S)N2CCCN3C4=[N+](CCCS4)[Se]1=C23. The Labute approximate surface area is 127 Å². The Morgan fingerprint density at radius 1 is 1.37 bits per heavy atom. The van der Waals surface area contributed by atoms with Crippen LogP contribution in [0.1, 0.15) is 12.8 Å². The second-order valence-electron chi connectivity index (χ2n) is 4.92. The van der Waals surface area contributed by atoms with E-state index in [0.29, 0.717) is 0 Å². The second-order valence-corrected chi connectivity index (χ2v) is 10.1. The topological polar surface area (TPSA) is 12.7 Å². The predicted octanol–water partition coefficient (Wildman–Crippen LogP) is 0.457. The number of thiocarbonyl (C=S) groups is 1. The van der Waals surface area contributed by atoms with Crippen LogP contribution < -0.4 is 0 Å². The molecule has 0 bridgehead atoms. The first-order valence-electron chi connectivity index (χ1n) is 6.69. The third-order valence-electron chi connectivity index (χ3n) is 3.73. The van der Waals surface area contributed by atoms with Crippen molar-refractivity contribution in [2.24, 2.45) is 0 Å². The van der Waals surface area contributed by atoms with Gasteiger partial charge in [-0.3, -0.25) is 0 Å². The number of hydrogen-bond donors (Lipinski definition) is 0. The van der Waals surface area contributed by atoms with E-state index in [-0.39, 0.29) is 0 Å². The summed E-state index contributed by atoms with van der Waals surface area (Å²) in [7, 11) is 0. The van der Waals surface area contributed by atoms with Crippen LogP contribution in [0, 0.1) is 0 Å². The molecular weight excluding hydrogens is 343 g/mol. The Kier molecular flexibility index (Phi) is 2.99. The van der Waals surface area contributed by atoms with Gasteiger partial charge in [-0.25, -0.2) is 0 Å². The monoisotopic (exact) mass is 361 g/mol. The minimum absolute atomic E-state index is 0.895. The van der Waals surface area contributed by atoms with Gasteiger partial charge in [0, 0.05) is 0 Å². The first kappa shape index (κ1) is 12.4. The van der Waals surface area contributed by atoms with Crippen molar-refractivity contribution in [3.63, 3.8) is 0 Å². The zero-order valence-electron chi connectivity index (χ0n) is 10.7. The molecule has 0 amide bonds. The molecule has 0 aromatic carbocycles. The quantitative estimate of drug-likeness (QED) is 0.402. The second kappa shape index (κ2) is 4.58. The van der Waals surface area contributed by atoms with E-state index in [1.807, 2.05) is 17.8 Å². The molecule has 0 aromatic heterocycles. The molecule has 0 spiro atoms. The summed E-state index contributed by atoms with van der Waals surface area (Å²) in [6, 6.07) is 0. The Morgan fingerprint density at radius 2 is 2.21 bits per heavy atom. The summed E-state index contributed by atoms with van der Waals surface area (Å²) in [6.45, 7) is 8.29. The van der Waals surface area contributed by atoms with Crippen molar-refractivity contribution < 1.29 is 3.59 Å². The zero-order valence-corrected chi connectivity index (χ0v) is 14.1. The number of rotatable bonds is 2. The number of fused-ring (bicyclic) bond motifs is 2. The number of hydrogen-bond acceptors (Lipinski definition) is 3. The van der Waals surface area contributed by atoms with Crippen molar-refractivity contribution in [3.05, 3.63) is 12.7 Å². The van der Waals surface area contributed by atoms with E-state index < -0.39 is 13.9 Å². The molecule has 0 saturated carbocycles. The number of thioether (sulfide) groups is 1. The molecule has 0 N–H and O–H groups in total. The van der Waals surface area contributed by atoms with Crippen LogP contribution in [0.2, 0.25) is 0 Å². The average molecular weight is 360 g/mol. The molecule has 4 nitrogen and oxygen atoms in total. The molecule has 4 aliphatic heterocycles. The Hall–Kier alpha value is -0.361. The van der Waals surface area contributed by atoms with Gasteiger partial charge in [-0.2, -0.15) is 0 Å². The fraction of sp³-hybridized carbons (Fsp3) is 0.583. The standard InChI is InChI=1S/C12H17N4S2Se/c1-2-5-15-10(17)13-6-3-7-14-11-16(8-4-9-18-11)19(15)12(13)14/h2H,1,3-9H2/q+1. The third kappa shape index (κ3) is 1.62. The van der Waals surface area contributed by atoms with E-state index in [2.05, 4.69) is 23.9 Å². The van der Waals surface area contributed by atoms with E-state index in [1.54, 1.807) is 0 Å². The summed E-state index contributed by atoms with van der Waals surface area (Å²) < 4.78 is 6.65. The molecule has 1 unspecified atom stereocenters. The Bertz CT molecular complexity index is 542. The molecule has 19 heavy (non-hydrogen) atoms. The van der Waals surface area contributed by atoms with Crippen LogP contribution >= 0.6 is 24.0 Å². The van der Waals surface area contributed by atoms with Crippen molar-refractivity contribution in [1.82, 2.24) is 13.7 Å². The summed E-state index contributed by atoms with van der Waals surface area (Å²) in [5.41, 5.74) is 0. The summed E-state index contributed by atoms with van der Waals surface area (Å²) >= 11 is 6.62. The Morgan fingerprint density at radius 3 is 3.05 bits per heavy atom.